The first-order valence-electron chi connectivity index (χ1n) is 9.67. The average molecular weight is 446 g/mol. The summed E-state index contributed by atoms with van der Waals surface area (Å²) in [6.07, 6.45) is -13.8. The Hall–Kier alpha value is -1.71. The topological polar surface area (TPSA) is 205 Å². The van der Waals surface area contributed by atoms with Crippen molar-refractivity contribution in [2.24, 2.45) is 5.10 Å². The van der Waals surface area contributed by atoms with Gasteiger partial charge in [0.2, 0.25) is 0 Å². The van der Waals surface area contributed by atoms with Crippen LogP contribution in [-0.2, 0) is 9.47 Å². The van der Waals surface area contributed by atoms with Crippen LogP contribution in [-0.4, -0.2) is 115 Å². The van der Waals surface area contributed by atoms with Gasteiger partial charge in [0.15, 0.2) is 6.29 Å². The molecule has 12 heteroatoms. The smallest absolute Gasteiger partial charge is 0.187 e. The van der Waals surface area contributed by atoms with Crippen molar-refractivity contribution in [3.05, 3.63) is 29.8 Å². The second kappa shape index (κ2) is 11.8. The summed E-state index contributed by atoms with van der Waals surface area (Å²) in [5.41, 5.74) is 4.22. The molecule has 1 aliphatic rings. The van der Waals surface area contributed by atoms with Crippen LogP contribution in [0.2, 0.25) is 0 Å². The molecule has 0 aliphatic carbocycles. The molecule has 2 rings (SSSR count). The van der Waals surface area contributed by atoms with Crippen molar-refractivity contribution >= 4 is 11.9 Å². The van der Waals surface area contributed by atoms with E-state index in [1.807, 2.05) is 19.1 Å². The highest BCUT2D eigenvalue weighted by molar-refractivity contribution is 5.66. The van der Waals surface area contributed by atoms with Crippen LogP contribution < -0.4 is 5.43 Å². The largest absolute Gasteiger partial charge is 0.394 e. The number of hydrogen-bond acceptors (Lipinski definition) is 12. The Balaban J connectivity index is 2.20. The Morgan fingerprint density at radius 1 is 1.06 bits per heavy atom. The molecule has 1 heterocycles. The van der Waals surface area contributed by atoms with Gasteiger partial charge in [-0.05, 0) is 18.6 Å². The molecule has 0 amide bonds. The maximum absolute atomic E-state index is 10.4. The van der Waals surface area contributed by atoms with E-state index in [9.17, 15) is 35.7 Å². The van der Waals surface area contributed by atoms with E-state index in [2.05, 4.69) is 10.5 Å². The second-order valence-electron chi connectivity index (χ2n) is 7.23. The van der Waals surface area contributed by atoms with Crippen LogP contribution >= 0.6 is 0 Å². The zero-order valence-corrected chi connectivity index (χ0v) is 16.8. The predicted octanol–water partition coefficient (Wildman–Crippen LogP) is -3.35. The fourth-order valence-corrected chi connectivity index (χ4v) is 2.95. The average Bonchev–Trinajstić information content (AvgIpc) is 2.78. The third-order valence-corrected chi connectivity index (χ3v) is 4.96. The van der Waals surface area contributed by atoms with Gasteiger partial charge in [-0.25, -0.2) is 0 Å². The lowest BCUT2D eigenvalue weighted by Crippen LogP contribution is -2.60. The number of nitrogens with one attached hydrogen (secondary N) is 1. The number of anilines is 1. The molecule has 9 atom stereocenters. The Morgan fingerprint density at radius 3 is 2.35 bits per heavy atom. The zero-order chi connectivity index (χ0) is 23.1. The molecular formula is C19H30N2O10. The minimum Gasteiger partial charge on any atom is -0.394 e. The monoisotopic (exact) mass is 446 g/mol. The molecule has 1 saturated heterocycles. The van der Waals surface area contributed by atoms with Gasteiger partial charge in [-0.3, -0.25) is 5.43 Å². The van der Waals surface area contributed by atoms with Crippen molar-refractivity contribution in [2.75, 3.05) is 18.6 Å². The van der Waals surface area contributed by atoms with E-state index in [4.69, 9.17) is 14.6 Å². The van der Waals surface area contributed by atoms with Crippen molar-refractivity contribution in [2.45, 2.75) is 62.0 Å². The molecule has 176 valence electrons. The van der Waals surface area contributed by atoms with Crippen LogP contribution in [0.25, 0.3) is 0 Å². The number of rotatable bonds is 10. The Bertz CT molecular complexity index is 706. The third-order valence-electron chi connectivity index (χ3n) is 4.96. The van der Waals surface area contributed by atoms with E-state index in [-0.39, 0.29) is 0 Å². The molecule has 12 nitrogen and oxygen atoms in total. The van der Waals surface area contributed by atoms with Crippen LogP contribution in [0, 0.1) is 6.92 Å². The van der Waals surface area contributed by atoms with Crippen LogP contribution in [0.4, 0.5) is 5.69 Å². The van der Waals surface area contributed by atoms with Crippen LogP contribution in [0.5, 0.6) is 0 Å². The third kappa shape index (κ3) is 6.40. The van der Waals surface area contributed by atoms with Crippen molar-refractivity contribution in [3.63, 3.8) is 0 Å². The lowest BCUT2D eigenvalue weighted by atomic mass is 9.99. The molecule has 0 radical (unpaired) electrons. The van der Waals surface area contributed by atoms with E-state index in [1.165, 1.54) is 0 Å². The van der Waals surface area contributed by atoms with Crippen LogP contribution in [0.1, 0.15) is 5.56 Å². The molecular weight excluding hydrogens is 416 g/mol. The molecule has 9 N–H and O–H groups in total. The van der Waals surface area contributed by atoms with Gasteiger partial charge in [-0.1, -0.05) is 18.2 Å². The second-order valence-corrected chi connectivity index (χ2v) is 7.23. The van der Waals surface area contributed by atoms with Gasteiger partial charge in [0.1, 0.15) is 48.8 Å². The minimum atomic E-state index is -1.86. The van der Waals surface area contributed by atoms with E-state index in [0.717, 1.165) is 11.8 Å². The number of nitrogens with zero attached hydrogens (tertiary/aromatic N) is 1. The van der Waals surface area contributed by atoms with Gasteiger partial charge >= 0.3 is 0 Å². The van der Waals surface area contributed by atoms with E-state index >= 15 is 0 Å². The number of hydrogen-bond donors (Lipinski definition) is 9. The van der Waals surface area contributed by atoms with Crippen LogP contribution in [0.3, 0.4) is 0 Å². The van der Waals surface area contributed by atoms with Crippen LogP contribution in [0.15, 0.2) is 29.4 Å². The first kappa shape index (κ1) is 25.5. The number of aliphatic hydroxyl groups excluding tert-OH is 8. The van der Waals surface area contributed by atoms with Crippen molar-refractivity contribution < 1.29 is 50.3 Å². The highest BCUT2D eigenvalue weighted by Crippen LogP contribution is 2.24. The Morgan fingerprint density at radius 2 is 1.74 bits per heavy atom. The number of para-hydroxylation sites is 1. The van der Waals surface area contributed by atoms with Gasteiger partial charge in [0.05, 0.1) is 25.1 Å². The number of ether oxygens (including phenoxy) is 2. The summed E-state index contributed by atoms with van der Waals surface area (Å²) in [4.78, 5) is 0. The standard InChI is InChI=1S/C19H30N2O10/c1-9-4-2-3-5-10(9)21-20-6-12(15(26)14(25)11(24)7-22)30-19-18(29)17(28)16(27)13(8-23)31-19/h2-6,11-19,21-29H,7-8H2,1H3/t11-,12+,13-,14-,15-,16-,17+,18-,19-/m1/s1. The molecule has 0 bridgehead atoms. The van der Waals surface area contributed by atoms with Gasteiger partial charge in [0.25, 0.3) is 0 Å². The molecule has 0 unspecified atom stereocenters. The fourth-order valence-electron chi connectivity index (χ4n) is 2.95. The molecule has 0 saturated carbocycles. The zero-order valence-electron chi connectivity index (χ0n) is 16.8. The van der Waals surface area contributed by atoms with Gasteiger partial charge in [-0.15, -0.1) is 0 Å². The van der Waals surface area contributed by atoms with E-state index in [1.54, 1.807) is 12.1 Å². The molecule has 31 heavy (non-hydrogen) atoms. The molecule has 0 spiro atoms. The van der Waals surface area contributed by atoms with Crippen molar-refractivity contribution in [1.29, 1.82) is 0 Å². The number of hydrazone groups is 1. The number of aliphatic hydroxyl groups is 8. The van der Waals surface area contributed by atoms with Crippen molar-refractivity contribution in [1.82, 2.24) is 0 Å². The predicted molar refractivity (Wildman–Crippen MR) is 107 cm³/mol. The maximum atomic E-state index is 10.4. The van der Waals surface area contributed by atoms with E-state index in [0.29, 0.717) is 5.69 Å². The molecule has 1 fully saturated rings. The SMILES string of the molecule is Cc1ccccc1NN=C[C@H](O[C@@H]1O[C@H](CO)[C@@H](O)[C@H](O)[C@H]1O)[C@@H](O)[C@H](O)[C@H](O)CO. The van der Waals surface area contributed by atoms with Gasteiger partial charge < -0.3 is 50.3 Å². The lowest BCUT2D eigenvalue weighted by Gasteiger charge is -2.41. The number of benzene rings is 1. The quantitative estimate of drug-likeness (QED) is 0.128. The van der Waals surface area contributed by atoms with E-state index < -0.39 is 68.3 Å². The van der Waals surface area contributed by atoms with Gasteiger partial charge in [-0.2, -0.15) is 5.10 Å². The normalized spacial score (nSPS) is 30.7. The summed E-state index contributed by atoms with van der Waals surface area (Å²) < 4.78 is 10.7. The minimum absolute atomic E-state index is 0.635. The number of aryl methyl sites for hydroxylation is 1. The summed E-state index contributed by atoms with van der Waals surface area (Å²) >= 11 is 0. The summed E-state index contributed by atoms with van der Waals surface area (Å²) in [7, 11) is 0. The summed E-state index contributed by atoms with van der Waals surface area (Å²) in [6, 6.07) is 7.16. The van der Waals surface area contributed by atoms with Crippen molar-refractivity contribution in [3.8, 4) is 0 Å². The molecule has 1 aliphatic heterocycles. The molecule has 1 aromatic rings. The summed E-state index contributed by atoms with van der Waals surface area (Å²) in [5.74, 6) is 0. The fraction of sp³-hybridized carbons (Fsp3) is 0.632. The Kier molecular flexibility index (Phi) is 9.71. The molecule has 1 aromatic carbocycles. The highest BCUT2D eigenvalue weighted by Gasteiger charge is 2.46. The first-order chi connectivity index (χ1) is 14.7. The van der Waals surface area contributed by atoms with Gasteiger partial charge in [0, 0.05) is 0 Å². The Labute approximate surface area is 178 Å². The summed E-state index contributed by atoms with van der Waals surface area (Å²) in [6.45, 7) is 0.298. The first-order valence-corrected chi connectivity index (χ1v) is 9.67. The maximum Gasteiger partial charge on any atom is 0.187 e. The lowest BCUT2D eigenvalue weighted by molar-refractivity contribution is -0.312. The summed E-state index contributed by atoms with van der Waals surface area (Å²) in [5, 5.41) is 82.3. The molecule has 0 aromatic heterocycles. The highest BCUT2D eigenvalue weighted by atomic mass is 16.7.